The van der Waals surface area contributed by atoms with E-state index in [1.54, 1.807) is 6.07 Å². The predicted molar refractivity (Wildman–Crippen MR) is 80.4 cm³/mol. The largest absolute Gasteiger partial charge is 0.490 e. The molecule has 0 spiro atoms. The average molecular weight is 582 g/mol. The lowest BCUT2D eigenvalue weighted by atomic mass is 10.2. The second kappa shape index (κ2) is 6.21. The van der Waals surface area contributed by atoms with E-state index in [-0.39, 0.29) is 6.61 Å². The zero-order chi connectivity index (χ0) is 13.2. The summed E-state index contributed by atoms with van der Waals surface area (Å²) < 4.78 is 42.6. The molecule has 0 unspecified atom stereocenters. The molecule has 0 saturated heterocycles. The van der Waals surface area contributed by atoms with Crippen molar-refractivity contribution in [1.29, 1.82) is 0 Å². The molecule has 1 aromatic carbocycles. The molecule has 0 amide bonds. The van der Waals surface area contributed by atoms with Gasteiger partial charge in [-0.15, -0.1) is 0 Å². The van der Waals surface area contributed by atoms with E-state index in [2.05, 4.69) is 49.9 Å². The lowest BCUT2D eigenvalue weighted by molar-refractivity contribution is -0.201. The molecule has 1 rings (SSSR count). The molecule has 0 aliphatic carbocycles. The maximum absolute atomic E-state index is 11.9. The van der Waals surface area contributed by atoms with Crippen LogP contribution >= 0.6 is 67.8 Å². The van der Waals surface area contributed by atoms with Gasteiger partial charge in [-0.1, -0.05) is 0 Å². The monoisotopic (exact) mass is 582 g/mol. The normalized spacial score (nSPS) is 11.4. The van der Waals surface area contributed by atoms with E-state index < -0.39 is 12.1 Å². The van der Waals surface area contributed by atoms with E-state index in [4.69, 9.17) is 0 Å². The number of hydrogen-bond donors (Lipinski definition) is 0. The molecule has 0 aliphatic heterocycles. The molecule has 94 valence electrons. The van der Waals surface area contributed by atoms with Crippen LogP contribution in [0, 0.1) is 10.7 Å². The number of alkyl halides is 3. The lowest BCUT2D eigenvalue weighted by Crippen LogP contribution is -2.25. The van der Waals surface area contributed by atoms with E-state index in [9.17, 15) is 18.0 Å². The SMILES string of the molecule is O=C(OCc1cc(I)cc(I)c1I)C(F)(F)F. The maximum atomic E-state index is 11.9. The first-order valence-electron chi connectivity index (χ1n) is 4.09. The molecule has 1 aromatic rings. The highest BCUT2D eigenvalue weighted by Gasteiger charge is 2.40. The van der Waals surface area contributed by atoms with Gasteiger partial charge in [0.25, 0.3) is 0 Å². The molecule has 0 heterocycles. The van der Waals surface area contributed by atoms with Crippen molar-refractivity contribution in [2.24, 2.45) is 0 Å². The van der Waals surface area contributed by atoms with Crippen LogP contribution in [0.25, 0.3) is 0 Å². The molecule has 2 nitrogen and oxygen atoms in total. The first-order chi connectivity index (χ1) is 7.71. The Kier molecular flexibility index (Phi) is 5.75. The first kappa shape index (κ1) is 15.7. The summed E-state index contributed by atoms with van der Waals surface area (Å²) in [5, 5.41) is 0. The number of ether oxygens (including phenoxy) is 1. The fourth-order valence-electron chi connectivity index (χ4n) is 0.939. The van der Waals surface area contributed by atoms with Gasteiger partial charge in [0.05, 0.1) is 0 Å². The summed E-state index contributed by atoms with van der Waals surface area (Å²) in [4.78, 5) is 10.6. The van der Waals surface area contributed by atoms with Crippen LogP contribution in [0.5, 0.6) is 0 Å². The van der Waals surface area contributed by atoms with Gasteiger partial charge in [-0.2, -0.15) is 13.2 Å². The molecule has 0 bridgehead atoms. The van der Waals surface area contributed by atoms with Crippen molar-refractivity contribution in [3.63, 3.8) is 0 Å². The molecule has 0 saturated carbocycles. The first-order valence-corrected chi connectivity index (χ1v) is 7.33. The third-order valence-corrected chi connectivity index (χ3v) is 5.44. The Bertz CT molecular complexity index is 446. The van der Waals surface area contributed by atoms with Crippen LogP contribution in [0.15, 0.2) is 12.1 Å². The Balaban J connectivity index is 2.80. The van der Waals surface area contributed by atoms with Crippen molar-refractivity contribution in [2.75, 3.05) is 0 Å². The summed E-state index contributed by atoms with van der Waals surface area (Å²) in [5.74, 6) is -2.16. The van der Waals surface area contributed by atoms with Gasteiger partial charge < -0.3 is 4.74 Å². The molecular weight excluding hydrogens is 578 g/mol. The second-order valence-corrected chi connectivity index (χ2v) is 6.42. The van der Waals surface area contributed by atoms with Gasteiger partial charge in [0.1, 0.15) is 6.61 Å². The number of esters is 1. The zero-order valence-corrected chi connectivity index (χ0v) is 14.4. The van der Waals surface area contributed by atoms with Crippen LogP contribution < -0.4 is 0 Å². The summed E-state index contributed by atoms with van der Waals surface area (Å²) in [5.41, 5.74) is 0.569. The number of halogens is 6. The minimum Gasteiger partial charge on any atom is -0.454 e. The maximum Gasteiger partial charge on any atom is 0.490 e. The predicted octanol–water partition coefficient (Wildman–Crippen LogP) is 4.11. The summed E-state index contributed by atoms with van der Waals surface area (Å²) in [6, 6.07) is 3.58. The Hall–Kier alpha value is 0.670. The quantitative estimate of drug-likeness (QED) is 0.299. The van der Waals surface area contributed by atoms with Crippen LogP contribution in [0.3, 0.4) is 0 Å². The molecule has 0 fully saturated rings. The second-order valence-electron chi connectivity index (χ2n) is 2.93. The van der Waals surface area contributed by atoms with E-state index >= 15 is 0 Å². The van der Waals surface area contributed by atoms with Crippen LogP contribution in [-0.4, -0.2) is 12.1 Å². The van der Waals surface area contributed by atoms with E-state index in [1.165, 1.54) is 0 Å². The van der Waals surface area contributed by atoms with Crippen molar-refractivity contribution in [3.05, 3.63) is 28.4 Å². The molecule has 0 aliphatic rings. The van der Waals surface area contributed by atoms with Gasteiger partial charge in [-0.05, 0) is 79.9 Å². The fourth-order valence-corrected chi connectivity index (χ4v) is 3.37. The summed E-state index contributed by atoms with van der Waals surface area (Å²) in [6.45, 7) is -0.372. The molecule has 8 heteroatoms. The van der Waals surface area contributed by atoms with Gasteiger partial charge >= 0.3 is 12.1 Å². The van der Waals surface area contributed by atoms with Crippen molar-refractivity contribution in [3.8, 4) is 0 Å². The Labute approximate surface area is 136 Å². The Morgan fingerprint density at radius 1 is 1.24 bits per heavy atom. The third kappa shape index (κ3) is 4.69. The van der Waals surface area contributed by atoms with Gasteiger partial charge in [0, 0.05) is 16.3 Å². The van der Waals surface area contributed by atoms with Crippen LogP contribution in [0.2, 0.25) is 0 Å². The fraction of sp³-hybridized carbons (Fsp3) is 0.222. The van der Waals surface area contributed by atoms with Crippen molar-refractivity contribution in [2.45, 2.75) is 12.8 Å². The van der Waals surface area contributed by atoms with Crippen LogP contribution in [0.4, 0.5) is 13.2 Å². The summed E-state index contributed by atoms with van der Waals surface area (Å²) >= 11 is 6.13. The molecule has 17 heavy (non-hydrogen) atoms. The van der Waals surface area contributed by atoms with Gasteiger partial charge in [-0.3, -0.25) is 0 Å². The zero-order valence-electron chi connectivity index (χ0n) is 7.95. The van der Waals surface area contributed by atoms with Gasteiger partial charge in [0.2, 0.25) is 0 Å². The summed E-state index contributed by atoms with van der Waals surface area (Å²) in [7, 11) is 0. The van der Waals surface area contributed by atoms with E-state index in [1.807, 2.05) is 28.7 Å². The Morgan fingerprint density at radius 3 is 2.35 bits per heavy atom. The number of rotatable bonds is 2. The number of hydrogen-bond acceptors (Lipinski definition) is 2. The topological polar surface area (TPSA) is 26.3 Å². The molecule has 0 aromatic heterocycles. The van der Waals surface area contributed by atoms with Crippen molar-refractivity contribution < 1.29 is 22.7 Å². The minimum absolute atomic E-state index is 0.372. The number of carbonyl (C=O) groups is 1. The standard InChI is InChI=1S/C9H4F3I3O2/c10-9(11,12)8(16)17-3-4-1-5(13)2-6(14)7(4)15/h1-2H,3H2. The molecule has 0 atom stereocenters. The van der Waals surface area contributed by atoms with Crippen LogP contribution in [-0.2, 0) is 16.1 Å². The average Bonchev–Trinajstić information content (AvgIpc) is 2.19. The highest BCUT2D eigenvalue weighted by atomic mass is 127. The van der Waals surface area contributed by atoms with Crippen molar-refractivity contribution in [1.82, 2.24) is 0 Å². The van der Waals surface area contributed by atoms with Crippen LogP contribution in [0.1, 0.15) is 5.56 Å². The van der Waals surface area contributed by atoms with E-state index in [0.717, 1.165) is 10.7 Å². The number of carbonyl (C=O) groups excluding carboxylic acids is 1. The molecule has 0 radical (unpaired) electrons. The summed E-state index contributed by atoms with van der Waals surface area (Å²) in [6.07, 6.45) is -4.94. The van der Waals surface area contributed by atoms with Crippen molar-refractivity contribution >= 4 is 73.7 Å². The van der Waals surface area contributed by atoms with E-state index in [0.29, 0.717) is 5.56 Å². The third-order valence-electron chi connectivity index (χ3n) is 1.66. The smallest absolute Gasteiger partial charge is 0.454 e. The molecule has 0 N–H and O–H groups in total. The van der Waals surface area contributed by atoms with Gasteiger partial charge in [-0.25, -0.2) is 4.79 Å². The molecular formula is C9H4F3I3O2. The highest BCUT2D eigenvalue weighted by Crippen LogP contribution is 2.24. The lowest BCUT2D eigenvalue weighted by Gasteiger charge is -2.10. The highest BCUT2D eigenvalue weighted by molar-refractivity contribution is 14.1. The minimum atomic E-state index is -4.94. The van der Waals surface area contributed by atoms with Gasteiger partial charge in [0.15, 0.2) is 0 Å². The Morgan fingerprint density at radius 2 is 1.82 bits per heavy atom. The number of benzene rings is 1.